The van der Waals surface area contributed by atoms with Gasteiger partial charge in [-0.15, -0.1) is 0 Å². The lowest BCUT2D eigenvalue weighted by atomic mass is 10.1. The fourth-order valence-corrected chi connectivity index (χ4v) is 2.56. The first-order valence-electron chi connectivity index (χ1n) is 5.68. The van der Waals surface area contributed by atoms with Gasteiger partial charge in [0.15, 0.2) is 5.71 Å². The van der Waals surface area contributed by atoms with Gasteiger partial charge in [-0.2, -0.15) is 5.26 Å². The van der Waals surface area contributed by atoms with Crippen molar-refractivity contribution in [2.24, 2.45) is 5.16 Å². The summed E-state index contributed by atoms with van der Waals surface area (Å²) in [6.07, 6.45) is 0. The highest BCUT2D eigenvalue weighted by atomic mass is 32.2. The molecule has 0 aromatic heterocycles. The highest BCUT2D eigenvalue weighted by Crippen LogP contribution is 2.30. The quantitative estimate of drug-likeness (QED) is 0.627. The molecule has 0 amide bonds. The molecular formula is C15H12N2OS. The van der Waals surface area contributed by atoms with E-state index in [1.54, 1.807) is 11.8 Å². The molecule has 3 nitrogen and oxygen atoms in total. The Bertz CT molecular complexity index is 618. The van der Waals surface area contributed by atoms with E-state index < -0.39 is 0 Å². The molecule has 0 saturated carbocycles. The molecule has 0 aliphatic rings. The van der Waals surface area contributed by atoms with Crippen LogP contribution in [0.15, 0.2) is 69.5 Å². The summed E-state index contributed by atoms with van der Waals surface area (Å²) in [5.74, 6) is 0. The summed E-state index contributed by atoms with van der Waals surface area (Å²) in [5, 5.41) is 12.9. The molecule has 0 N–H and O–H groups in total. The zero-order valence-electron chi connectivity index (χ0n) is 10.4. The number of nitriles is 1. The standard InChI is InChI=1S/C15H12N2OS/c1-18-17-14(11-16)13-9-5-6-10-15(13)19-12-7-3-2-4-8-12/h2-10H,1H3/b17-14-. The maximum absolute atomic E-state index is 9.13. The van der Waals surface area contributed by atoms with E-state index in [0.29, 0.717) is 0 Å². The predicted octanol–water partition coefficient (Wildman–Crippen LogP) is 3.71. The third-order valence-electron chi connectivity index (χ3n) is 2.40. The summed E-state index contributed by atoms with van der Waals surface area (Å²) >= 11 is 1.60. The van der Waals surface area contributed by atoms with Gasteiger partial charge in [-0.25, -0.2) is 0 Å². The Kier molecular flexibility index (Phi) is 4.60. The summed E-state index contributed by atoms with van der Waals surface area (Å²) in [4.78, 5) is 6.80. The van der Waals surface area contributed by atoms with Gasteiger partial charge in [0.05, 0.1) is 0 Å². The van der Waals surface area contributed by atoms with Crippen LogP contribution in [0.3, 0.4) is 0 Å². The van der Waals surface area contributed by atoms with Crippen LogP contribution in [0.5, 0.6) is 0 Å². The third kappa shape index (κ3) is 3.36. The second-order valence-corrected chi connectivity index (χ2v) is 4.76. The lowest BCUT2D eigenvalue weighted by Gasteiger charge is -2.06. The van der Waals surface area contributed by atoms with E-state index >= 15 is 0 Å². The minimum atomic E-state index is 0.279. The van der Waals surface area contributed by atoms with Crippen LogP contribution in [0.2, 0.25) is 0 Å². The van der Waals surface area contributed by atoms with Crippen LogP contribution < -0.4 is 0 Å². The SMILES string of the molecule is CO/N=C(/C#N)c1ccccc1Sc1ccccc1. The molecule has 0 heterocycles. The molecule has 0 fully saturated rings. The van der Waals surface area contributed by atoms with Gasteiger partial charge in [-0.05, 0) is 18.2 Å². The molecule has 94 valence electrons. The molecule has 0 radical (unpaired) electrons. The third-order valence-corrected chi connectivity index (χ3v) is 3.49. The lowest BCUT2D eigenvalue weighted by Crippen LogP contribution is -2.00. The first kappa shape index (κ1) is 13.2. The zero-order chi connectivity index (χ0) is 13.5. The molecule has 0 spiro atoms. The van der Waals surface area contributed by atoms with Crippen molar-refractivity contribution in [3.05, 3.63) is 60.2 Å². The topological polar surface area (TPSA) is 45.4 Å². The molecule has 0 atom stereocenters. The highest BCUT2D eigenvalue weighted by molar-refractivity contribution is 7.99. The zero-order valence-corrected chi connectivity index (χ0v) is 11.2. The first-order valence-corrected chi connectivity index (χ1v) is 6.50. The minimum Gasteiger partial charge on any atom is -0.398 e. The normalized spacial score (nSPS) is 10.8. The second kappa shape index (κ2) is 6.62. The van der Waals surface area contributed by atoms with Crippen LogP contribution in [0.4, 0.5) is 0 Å². The van der Waals surface area contributed by atoms with Crippen molar-refractivity contribution in [2.45, 2.75) is 9.79 Å². The van der Waals surface area contributed by atoms with E-state index in [2.05, 4.69) is 11.2 Å². The lowest BCUT2D eigenvalue weighted by molar-refractivity contribution is 0.214. The largest absolute Gasteiger partial charge is 0.398 e. The minimum absolute atomic E-state index is 0.279. The van der Waals surface area contributed by atoms with Crippen molar-refractivity contribution < 1.29 is 4.84 Å². The van der Waals surface area contributed by atoms with Crippen molar-refractivity contribution in [1.29, 1.82) is 5.26 Å². The Morgan fingerprint density at radius 2 is 1.79 bits per heavy atom. The van der Waals surface area contributed by atoms with E-state index in [0.717, 1.165) is 15.4 Å². The number of hydrogen-bond acceptors (Lipinski definition) is 4. The van der Waals surface area contributed by atoms with Crippen molar-refractivity contribution in [3.63, 3.8) is 0 Å². The van der Waals surface area contributed by atoms with Crippen molar-refractivity contribution in [3.8, 4) is 6.07 Å². The van der Waals surface area contributed by atoms with Gasteiger partial charge in [-0.3, -0.25) is 0 Å². The van der Waals surface area contributed by atoms with Gasteiger partial charge < -0.3 is 4.84 Å². The van der Waals surface area contributed by atoms with Crippen LogP contribution in [-0.4, -0.2) is 12.8 Å². The van der Waals surface area contributed by atoms with E-state index in [-0.39, 0.29) is 5.71 Å². The Labute approximate surface area is 116 Å². The molecular weight excluding hydrogens is 256 g/mol. The number of nitrogens with zero attached hydrogens (tertiary/aromatic N) is 2. The van der Waals surface area contributed by atoms with Gasteiger partial charge >= 0.3 is 0 Å². The van der Waals surface area contributed by atoms with Gasteiger partial charge in [0.25, 0.3) is 0 Å². The van der Waals surface area contributed by atoms with Gasteiger partial charge in [-0.1, -0.05) is 53.3 Å². The summed E-state index contributed by atoms with van der Waals surface area (Å²) < 4.78 is 0. The Morgan fingerprint density at radius 1 is 1.11 bits per heavy atom. The van der Waals surface area contributed by atoms with Crippen molar-refractivity contribution in [1.82, 2.24) is 0 Å². The Hall–Kier alpha value is -2.25. The monoisotopic (exact) mass is 268 g/mol. The number of benzene rings is 2. The average molecular weight is 268 g/mol. The molecule has 2 rings (SSSR count). The van der Waals surface area contributed by atoms with Gasteiger partial charge in [0, 0.05) is 15.4 Å². The second-order valence-electron chi connectivity index (χ2n) is 3.65. The first-order chi connectivity index (χ1) is 9.35. The predicted molar refractivity (Wildman–Crippen MR) is 76.2 cm³/mol. The van der Waals surface area contributed by atoms with Crippen LogP contribution in [0, 0.1) is 11.3 Å². The molecule has 2 aromatic carbocycles. The van der Waals surface area contributed by atoms with Gasteiger partial charge in [0.1, 0.15) is 13.2 Å². The molecule has 0 bridgehead atoms. The van der Waals surface area contributed by atoms with E-state index in [4.69, 9.17) is 10.1 Å². The maximum atomic E-state index is 9.13. The molecule has 0 aliphatic heterocycles. The smallest absolute Gasteiger partial charge is 0.188 e. The van der Waals surface area contributed by atoms with Crippen molar-refractivity contribution in [2.75, 3.05) is 7.11 Å². The Balaban J connectivity index is 2.37. The Morgan fingerprint density at radius 3 is 2.47 bits per heavy atom. The van der Waals surface area contributed by atoms with Crippen LogP contribution in [0.1, 0.15) is 5.56 Å². The molecule has 0 aliphatic carbocycles. The van der Waals surface area contributed by atoms with E-state index in [1.807, 2.05) is 54.6 Å². The summed E-state index contributed by atoms with van der Waals surface area (Å²) in [7, 11) is 1.43. The van der Waals surface area contributed by atoms with Crippen LogP contribution in [0.25, 0.3) is 0 Å². The summed E-state index contributed by atoms with van der Waals surface area (Å²) in [6, 6.07) is 19.7. The van der Waals surface area contributed by atoms with Gasteiger partial charge in [0.2, 0.25) is 0 Å². The molecule has 4 heteroatoms. The number of hydrogen-bond donors (Lipinski definition) is 0. The number of oxime groups is 1. The van der Waals surface area contributed by atoms with Crippen LogP contribution >= 0.6 is 11.8 Å². The molecule has 0 saturated heterocycles. The maximum Gasteiger partial charge on any atom is 0.188 e. The molecule has 0 unspecified atom stereocenters. The fraction of sp³-hybridized carbons (Fsp3) is 0.0667. The highest BCUT2D eigenvalue weighted by Gasteiger charge is 2.10. The molecule has 2 aromatic rings. The fourth-order valence-electron chi connectivity index (χ4n) is 1.59. The van der Waals surface area contributed by atoms with E-state index in [1.165, 1.54) is 7.11 Å². The molecule has 19 heavy (non-hydrogen) atoms. The van der Waals surface area contributed by atoms with Crippen molar-refractivity contribution >= 4 is 17.5 Å². The number of rotatable bonds is 4. The van der Waals surface area contributed by atoms with Crippen LogP contribution in [-0.2, 0) is 4.84 Å². The summed E-state index contributed by atoms with van der Waals surface area (Å²) in [6.45, 7) is 0. The average Bonchev–Trinajstić information content (AvgIpc) is 2.47. The van der Waals surface area contributed by atoms with E-state index in [9.17, 15) is 0 Å². The summed E-state index contributed by atoms with van der Waals surface area (Å²) in [5.41, 5.74) is 1.06.